The summed E-state index contributed by atoms with van der Waals surface area (Å²) in [4.78, 5) is 12.5. The number of rotatable bonds is 6. The minimum atomic E-state index is -2.62. The summed E-state index contributed by atoms with van der Waals surface area (Å²) in [6.07, 6.45) is -0.691. The normalized spacial score (nSPS) is 15.0. The van der Waals surface area contributed by atoms with Crippen LogP contribution >= 0.6 is 11.6 Å². The number of alkyl carbamates (subject to hydrolysis) is 1. The van der Waals surface area contributed by atoms with Crippen LogP contribution in [0.5, 0.6) is 0 Å². The second kappa shape index (κ2) is 8.68. The van der Waals surface area contributed by atoms with Gasteiger partial charge in [0.05, 0.1) is 15.3 Å². The van der Waals surface area contributed by atoms with Crippen LogP contribution in [0.2, 0.25) is 5.02 Å². The predicted octanol–water partition coefficient (Wildman–Crippen LogP) is 4.78. The Labute approximate surface area is 177 Å². The Kier molecular flexibility index (Phi) is 5.11. The van der Waals surface area contributed by atoms with Crippen molar-refractivity contribution in [2.75, 3.05) is 13.2 Å². The summed E-state index contributed by atoms with van der Waals surface area (Å²) in [5.41, 5.74) is 5.16. The Morgan fingerprint density at radius 2 is 1.62 bits per heavy atom. The zero-order valence-electron chi connectivity index (χ0n) is 17.6. The molecular formula is C24H22ClNO3. The Bertz CT molecular complexity index is 1040. The monoisotopic (exact) mass is 409 g/mol. The van der Waals surface area contributed by atoms with E-state index in [-0.39, 0.29) is 18.9 Å². The number of hydrogen-bond acceptors (Lipinski definition) is 3. The Hall–Kier alpha value is -2.82. The van der Waals surface area contributed by atoms with Crippen LogP contribution in [0.3, 0.4) is 0 Å². The molecule has 0 spiro atoms. The van der Waals surface area contributed by atoms with Crippen molar-refractivity contribution in [1.29, 1.82) is 0 Å². The number of carbonyl (C=O) groups is 1. The molecule has 5 heteroatoms. The molecule has 148 valence electrons. The summed E-state index contributed by atoms with van der Waals surface area (Å²) in [7, 11) is 0. The van der Waals surface area contributed by atoms with Gasteiger partial charge in [0.2, 0.25) is 0 Å². The number of halogens is 1. The minimum absolute atomic E-state index is 0.0882. The van der Waals surface area contributed by atoms with Gasteiger partial charge in [-0.15, -0.1) is 0 Å². The lowest BCUT2D eigenvalue weighted by atomic mass is 9.98. The van der Waals surface area contributed by atoms with Crippen molar-refractivity contribution in [2.24, 2.45) is 0 Å². The van der Waals surface area contributed by atoms with Crippen LogP contribution in [-0.4, -0.2) is 30.4 Å². The van der Waals surface area contributed by atoms with E-state index < -0.39 is 18.7 Å². The Morgan fingerprint density at radius 3 is 2.21 bits per heavy atom. The maximum atomic E-state index is 12.5. The van der Waals surface area contributed by atoms with Gasteiger partial charge in [0.1, 0.15) is 6.61 Å². The molecule has 1 amide bonds. The first kappa shape index (κ1) is 17.1. The summed E-state index contributed by atoms with van der Waals surface area (Å²) >= 11 is 5.88. The molecule has 29 heavy (non-hydrogen) atoms. The molecule has 4 nitrogen and oxygen atoms in total. The van der Waals surface area contributed by atoms with E-state index >= 15 is 0 Å². The number of fused-ring (bicyclic) bond motifs is 3. The molecule has 0 aliphatic heterocycles. The molecule has 0 heterocycles. The summed E-state index contributed by atoms with van der Waals surface area (Å²) in [5.74, 6) is -0.0984. The molecule has 1 atom stereocenters. The predicted molar refractivity (Wildman–Crippen MR) is 114 cm³/mol. The van der Waals surface area contributed by atoms with Crippen LogP contribution in [-0.2, 0) is 11.2 Å². The van der Waals surface area contributed by atoms with E-state index in [9.17, 15) is 9.90 Å². The summed E-state index contributed by atoms with van der Waals surface area (Å²) < 4.78 is 20.9. The van der Waals surface area contributed by atoms with Crippen molar-refractivity contribution >= 4 is 17.7 Å². The summed E-state index contributed by atoms with van der Waals surface area (Å²) in [6, 6.07) is 21.7. The van der Waals surface area contributed by atoms with Crippen LogP contribution in [0, 0.1) is 0 Å². The molecule has 0 saturated carbocycles. The smallest absolute Gasteiger partial charge is 0.407 e. The highest BCUT2D eigenvalue weighted by molar-refractivity contribution is 6.30. The van der Waals surface area contributed by atoms with E-state index in [0.29, 0.717) is 5.02 Å². The number of aliphatic hydroxyl groups is 1. The van der Waals surface area contributed by atoms with E-state index in [2.05, 4.69) is 17.4 Å². The number of nitrogens with one attached hydrogen (secondary N) is 1. The van der Waals surface area contributed by atoms with E-state index in [1.165, 1.54) is 0 Å². The van der Waals surface area contributed by atoms with Gasteiger partial charge in [-0.2, -0.15) is 0 Å². The zero-order valence-corrected chi connectivity index (χ0v) is 16.4. The third kappa shape index (κ3) is 4.29. The third-order valence-electron chi connectivity index (χ3n) is 5.14. The van der Waals surface area contributed by atoms with Crippen molar-refractivity contribution in [3.63, 3.8) is 0 Å². The molecule has 0 fully saturated rings. The van der Waals surface area contributed by atoms with Gasteiger partial charge >= 0.3 is 6.09 Å². The van der Waals surface area contributed by atoms with Crippen molar-refractivity contribution < 1.29 is 17.4 Å². The van der Waals surface area contributed by atoms with Gasteiger partial charge in [-0.05, 0) is 46.4 Å². The first-order valence-electron chi connectivity index (χ1n) is 10.4. The van der Waals surface area contributed by atoms with Crippen molar-refractivity contribution in [1.82, 2.24) is 5.32 Å². The fourth-order valence-corrected chi connectivity index (χ4v) is 3.89. The van der Waals surface area contributed by atoms with Gasteiger partial charge in [-0.25, -0.2) is 4.79 Å². The fraction of sp³-hybridized carbons (Fsp3) is 0.208. The maximum absolute atomic E-state index is 12.5. The largest absolute Gasteiger partial charge is 0.449 e. The minimum Gasteiger partial charge on any atom is -0.449 e. The highest BCUT2D eigenvalue weighted by Crippen LogP contribution is 2.44. The molecule has 1 aliphatic carbocycles. The van der Waals surface area contributed by atoms with Crippen LogP contribution in [0.4, 0.5) is 4.79 Å². The average Bonchev–Trinajstić information content (AvgIpc) is 3.06. The number of hydrogen-bond donors (Lipinski definition) is 2. The van der Waals surface area contributed by atoms with Gasteiger partial charge < -0.3 is 15.2 Å². The molecule has 3 aromatic carbocycles. The first-order valence-corrected chi connectivity index (χ1v) is 9.79. The third-order valence-corrected chi connectivity index (χ3v) is 5.40. The topological polar surface area (TPSA) is 58.6 Å². The van der Waals surface area contributed by atoms with Crippen molar-refractivity contribution in [3.8, 4) is 11.1 Å². The highest BCUT2D eigenvalue weighted by Gasteiger charge is 2.29. The lowest BCUT2D eigenvalue weighted by Gasteiger charge is -2.18. The van der Waals surface area contributed by atoms with Gasteiger partial charge in [0.25, 0.3) is 0 Å². The number of ether oxygens (including phenoxy) is 1. The molecule has 2 N–H and O–H groups in total. The molecule has 4 rings (SSSR count). The Morgan fingerprint density at radius 1 is 1.03 bits per heavy atom. The maximum Gasteiger partial charge on any atom is 0.407 e. The van der Waals surface area contributed by atoms with Gasteiger partial charge in [-0.3, -0.25) is 0 Å². The number of carbonyl (C=O) groups excluding carboxylic acids is 1. The van der Waals surface area contributed by atoms with Gasteiger partial charge in [0, 0.05) is 10.9 Å². The quantitative estimate of drug-likeness (QED) is 0.615. The van der Waals surface area contributed by atoms with E-state index in [0.717, 1.165) is 27.8 Å². The molecule has 0 bridgehead atoms. The van der Waals surface area contributed by atoms with Gasteiger partial charge in [-0.1, -0.05) is 72.3 Å². The summed E-state index contributed by atoms with van der Waals surface area (Å²) in [5, 5.41) is 12.9. The Balaban J connectivity index is 1.45. The molecule has 0 aromatic heterocycles. The number of benzene rings is 3. The first-order chi connectivity index (χ1) is 14.8. The van der Waals surface area contributed by atoms with Crippen LogP contribution in [0.1, 0.15) is 25.3 Å². The fourth-order valence-electron chi connectivity index (χ4n) is 3.77. The van der Waals surface area contributed by atoms with Crippen LogP contribution < -0.4 is 5.32 Å². The van der Waals surface area contributed by atoms with E-state index in [1.807, 2.05) is 36.4 Å². The zero-order chi connectivity index (χ0) is 22.0. The molecule has 3 aromatic rings. The number of amides is 1. The second-order valence-corrected chi connectivity index (χ2v) is 7.42. The second-order valence-electron chi connectivity index (χ2n) is 6.98. The lowest BCUT2D eigenvalue weighted by Crippen LogP contribution is -2.39. The van der Waals surface area contributed by atoms with E-state index in [1.54, 1.807) is 24.3 Å². The van der Waals surface area contributed by atoms with E-state index in [4.69, 9.17) is 19.1 Å². The standard InChI is InChI=1S/C24H22ClNO3/c25-17-11-9-16(10-12-17)13-18(14-27)26-24(28)29-15-23-21-7-3-1-5-19(21)20-6-2-4-8-22(20)23/h1-12,18,23,27H,13-15H2,(H,26,28)/t18-/m0/s1/i14D2. The van der Waals surface area contributed by atoms with Crippen LogP contribution in [0.15, 0.2) is 72.8 Å². The molecule has 0 saturated heterocycles. The van der Waals surface area contributed by atoms with Crippen molar-refractivity contribution in [3.05, 3.63) is 94.5 Å². The van der Waals surface area contributed by atoms with Gasteiger partial charge in [0.15, 0.2) is 0 Å². The molecular weight excluding hydrogens is 386 g/mol. The van der Waals surface area contributed by atoms with Crippen molar-refractivity contribution in [2.45, 2.75) is 18.4 Å². The molecule has 0 radical (unpaired) electrons. The summed E-state index contributed by atoms with van der Waals surface area (Å²) in [6.45, 7) is -2.51. The average molecular weight is 410 g/mol. The van der Waals surface area contributed by atoms with Crippen LogP contribution in [0.25, 0.3) is 11.1 Å². The highest BCUT2D eigenvalue weighted by atomic mass is 35.5. The SMILES string of the molecule is [2H]C([2H])(O)[C@H](Cc1ccc(Cl)cc1)NC(=O)OCC1c2ccccc2-c2ccccc21. The molecule has 1 aliphatic rings. The lowest BCUT2D eigenvalue weighted by molar-refractivity contribution is 0.132. The molecule has 0 unspecified atom stereocenters.